The first-order chi connectivity index (χ1) is 13.0. The second-order valence-corrected chi connectivity index (χ2v) is 6.49. The fraction of sp³-hybridized carbons (Fsp3) is 0.0909. The summed E-state index contributed by atoms with van der Waals surface area (Å²) in [5.41, 5.74) is 2.68. The minimum Gasteiger partial charge on any atom is -0.362 e. The third-order valence-electron chi connectivity index (χ3n) is 4.37. The zero-order chi connectivity index (χ0) is 19.0. The summed E-state index contributed by atoms with van der Waals surface area (Å²) in [6, 6.07) is 18.8. The molecule has 0 saturated heterocycles. The van der Waals surface area contributed by atoms with Crippen LogP contribution in [0, 0.1) is 11.6 Å². The Balaban J connectivity index is 1.92. The maximum atomic E-state index is 14.2. The minimum atomic E-state index is -0.596. The third kappa shape index (κ3) is 3.24. The van der Waals surface area contributed by atoms with Crippen LogP contribution in [0.25, 0.3) is 33.4 Å². The van der Waals surface area contributed by atoms with Crippen molar-refractivity contribution < 1.29 is 8.78 Å². The standard InChI is InChI=1S/C22H17F2N3/c1-27(2)22-18-12-15(17-10-9-16(23)13-19(17)24)8-11-20(18)25-21(26-22)14-6-4-3-5-7-14/h3-13H,1-2H3. The summed E-state index contributed by atoms with van der Waals surface area (Å²) in [5, 5.41) is 0.806. The molecule has 4 aromatic rings. The summed E-state index contributed by atoms with van der Waals surface area (Å²) in [5.74, 6) is 0.181. The monoisotopic (exact) mass is 361 g/mol. The SMILES string of the molecule is CN(C)c1nc(-c2ccccc2)nc2ccc(-c3ccc(F)cc3F)cc12. The highest BCUT2D eigenvalue weighted by atomic mass is 19.1. The number of fused-ring (bicyclic) bond motifs is 1. The lowest BCUT2D eigenvalue weighted by Crippen LogP contribution is -2.12. The highest BCUT2D eigenvalue weighted by Crippen LogP contribution is 2.31. The molecule has 0 atom stereocenters. The van der Waals surface area contributed by atoms with E-state index in [1.807, 2.05) is 61.5 Å². The molecule has 27 heavy (non-hydrogen) atoms. The van der Waals surface area contributed by atoms with E-state index in [9.17, 15) is 8.78 Å². The van der Waals surface area contributed by atoms with Crippen LogP contribution in [-0.4, -0.2) is 24.1 Å². The molecule has 0 saturated carbocycles. The van der Waals surface area contributed by atoms with E-state index in [0.717, 1.165) is 28.4 Å². The van der Waals surface area contributed by atoms with E-state index in [1.54, 1.807) is 6.07 Å². The molecule has 4 rings (SSSR count). The number of hydrogen-bond acceptors (Lipinski definition) is 3. The van der Waals surface area contributed by atoms with Gasteiger partial charge in [0.25, 0.3) is 0 Å². The van der Waals surface area contributed by atoms with Crippen molar-refractivity contribution in [1.29, 1.82) is 0 Å². The highest BCUT2D eigenvalue weighted by Gasteiger charge is 2.14. The number of rotatable bonds is 3. The van der Waals surface area contributed by atoms with Gasteiger partial charge in [-0.05, 0) is 29.8 Å². The first-order valence-corrected chi connectivity index (χ1v) is 8.53. The second kappa shape index (κ2) is 6.76. The lowest BCUT2D eigenvalue weighted by atomic mass is 10.0. The van der Waals surface area contributed by atoms with Gasteiger partial charge in [0.05, 0.1) is 5.52 Å². The Morgan fingerprint density at radius 3 is 2.26 bits per heavy atom. The van der Waals surface area contributed by atoms with Gasteiger partial charge in [0.15, 0.2) is 5.82 Å². The number of aromatic nitrogens is 2. The van der Waals surface area contributed by atoms with Crippen LogP contribution in [0.5, 0.6) is 0 Å². The Labute approximate surface area is 155 Å². The van der Waals surface area contributed by atoms with Crippen LogP contribution in [0.3, 0.4) is 0 Å². The molecule has 0 radical (unpaired) electrons. The smallest absolute Gasteiger partial charge is 0.162 e. The molecule has 0 unspecified atom stereocenters. The van der Waals surface area contributed by atoms with Gasteiger partial charge in [0.2, 0.25) is 0 Å². The zero-order valence-corrected chi connectivity index (χ0v) is 14.9. The van der Waals surface area contributed by atoms with Gasteiger partial charge in [-0.15, -0.1) is 0 Å². The average Bonchev–Trinajstić information content (AvgIpc) is 2.67. The molecule has 0 aliphatic heterocycles. The van der Waals surface area contributed by atoms with Crippen molar-refractivity contribution >= 4 is 16.7 Å². The fourth-order valence-electron chi connectivity index (χ4n) is 3.06. The van der Waals surface area contributed by atoms with Crippen LogP contribution in [0.1, 0.15) is 0 Å². The zero-order valence-electron chi connectivity index (χ0n) is 14.9. The lowest BCUT2D eigenvalue weighted by Gasteiger charge is -2.16. The number of benzene rings is 3. The van der Waals surface area contributed by atoms with Crippen molar-refractivity contribution in [3.05, 3.63) is 78.4 Å². The van der Waals surface area contributed by atoms with Crippen molar-refractivity contribution in [3.63, 3.8) is 0 Å². The van der Waals surface area contributed by atoms with Crippen LogP contribution < -0.4 is 4.90 Å². The maximum absolute atomic E-state index is 14.2. The number of hydrogen-bond donors (Lipinski definition) is 0. The Morgan fingerprint density at radius 2 is 1.56 bits per heavy atom. The third-order valence-corrected chi connectivity index (χ3v) is 4.37. The van der Waals surface area contributed by atoms with Crippen LogP contribution in [0.4, 0.5) is 14.6 Å². The molecule has 1 heterocycles. The molecular weight excluding hydrogens is 344 g/mol. The number of halogens is 2. The maximum Gasteiger partial charge on any atom is 0.162 e. The van der Waals surface area contributed by atoms with Gasteiger partial charge in [0, 0.05) is 36.7 Å². The Bertz CT molecular complexity index is 1130. The Hall–Kier alpha value is -3.34. The summed E-state index contributed by atoms with van der Waals surface area (Å²) in [7, 11) is 3.81. The normalized spacial score (nSPS) is 11.0. The first-order valence-electron chi connectivity index (χ1n) is 8.53. The molecule has 0 N–H and O–H groups in total. The summed E-state index contributed by atoms with van der Waals surface area (Å²) in [4.78, 5) is 11.3. The van der Waals surface area contributed by atoms with Gasteiger partial charge in [-0.2, -0.15) is 0 Å². The van der Waals surface area contributed by atoms with E-state index in [2.05, 4.69) is 4.98 Å². The second-order valence-electron chi connectivity index (χ2n) is 6.49. The summed E-state index contributed by atoms with van der Waals surface area (Å²) < 4.78 is 27.4. The van der Waals surface area contributed by atoms with Gasteiger partial charge < -0.3 is 4.90 Å². The van der Waals surface area contributed by atoms with Crippen LogP contribution in [0.2, 0.25) is 0 Å². The van der Waals surface area contributed by atoms with Crippen LogP contribution in [0.15, 0.2) is 66.7 Å². The molecule has 0 amide bonds. The quantitative estimate of drug-likeness (QED) is 0.495. The predicted molar refractivity (Wildman–Crippen MR) is 105 cm³/mol. The molecule has 134 valence electrons. The van der Waals surface area contributed by atoms with Gasteiger partial charge in [-0.1, -0.05) is 36.4 Å². The molecule has 0 aliphatic rings. The van der Waals surface area contributed by atoms with Crippen molar-refractivity contribution in [2.75, 3.05) is 19.0 Å². The van der Waals surface area contributed by atoms with Gasteiger partial charge in [0.1, 0.15) is 17.5 Å². The Morgan fingerprint density at radius 1 is 0.778 bits per heavy atom. The predicted octanol–water partition coefficient (Wildman–Crippen LogP) is 5.31. The Kier molecular flexibility index (Phi) is 4.28. The first kappa shape index (κ1) is 17.1. The van der Waals surface area contributed by atoms with Crippen molar-refractivity contribution in [3.8, 4) is 22.5 Å². The van der Waals surface area contributed by atoms with Crippen molar-refractivity contribution in [2.45, 2.75) is 0 Å². The van der Waals surface area contributed by atoms with E-state index in [0.29, 0.717) is 17.0 Å². The largest absolute Gasteiger partial charge is 0.362 e. The molecule has 5 heteroatoms. The van der Waals surface area contributed by atoms with E-state index in [1.165, 1.54) is 12.1 Å². The fourth-order valence-corrected chi connectivity index (χ4v) is 3.06. The molecule has 3 nitrogen and oxygen atoms in total. The molecule has 0 spiro atoms. The molecule has 0 bridgehead atoms. The van der Waals surface area contributed by atoms with E-state index < -0.39 is 11.6 Å². The minimum absolute atomic E-state index is 0.343. The number of anilines is 1. The molecular formula is C22H17F2N3. The average molecular weight is 361 g/mol. The van der Waals surface area contributed by atoms with Crippen LogP contribution in [-0.2, 0) is 0 Å². The van der Waals surface area contributed by atoms with Gasteiger partial charge in [-0.25, -0.2) is 18.7 Å². The van der Waals surface area contributed by atoms with Gasteiger partial charge >= 0.3 is 0 Å². The van der Waals surface area contributed by atoms with Gasteiger partial charge in [-0.3, -0.25) is 0 Å². The van der Waals surface area contributed by atoms with Crippen molar-refractivity contribution in [1.82, 2.24) is 9.97 Å². The molecule has 0 fully saturated rings. The van der Waals surface area contributed by atoms with Crippen LogP contribution >= 0.6 is 0 Å². The number of nitrogens with zero attached hydrogens (tertiary/aromatic N) is 3. The highest BCUT2D eigenvalue weighted by molar-refractivity contribution is 5.94. The summed E-state index contributed by atoms with van der Waals surface area (Å²) in [6.07, 6.45) is 0. The van der Waals surface area contributed by atoms with Crippen molar-refractivity contribution in [2.24, 2.45) is 0 Å². The summed E-state index contributed by atoms with van der Waals surface area (Å²) >= 11 is 0. The van der Waals surface area contributed by atoms with E-state index in [-0.39, 0.29) is 0 Å². The molecule has 1 aromatic heterocycles. The molecule has 0 aliphatic carbocycles. The molecule has 3 aromatic carbocycles. The van der Waals surface area contributed by atoms with E-state index in [4.69, 9.17) is 4.98 Å². The summed E-state index contributed by atoms with van der Waals surface area (Å²) in [6.45, 7) is 0. The van der Waals surface area contributed by atoms with E-state index >= 15 is 0 Å². The topological polar surface area (TPSA) is 29.0 Å². The lowest BCUT2D eigenvalue weighted by molar-refractivity contribution is 0.585.